The molecule has 1 N–H and O–H groups in total. The van der Waals surface area contributed by atoms with Gasteiger partial charge in [0.25, 0.3) is 0 Å². The summed E-state index contributed by atoms with van der Waals surface area (Å²) in [5.41, 5.74) is 4.63. The van der Waals surface area contributed by atoms with Crippen molar-refractivity contribution in [3.8, 4) is 5.75 Å². The molecular formula is C30H35Cl2NOZr. The summed E-state index contributed by atoms with van der Waals surface area (Å²) in [6.45, 7) is 8.91. The average Bonchev–Trinajstić information content (AvgIpc) is 2.87. The van der Waals surface area contributed by atoms with Crippen LogP contribution in [0.1, 0.15) is 67.9 Å². The third kappa shape index (κ3) is 6.48. The van der Waals surface area contributed by atoms with E-state index in [4.69, 9.17) is 22.0 Å². The molecule has 3 atom stereocenters. The molecule has 0 bridgehead atoms. The van der Waals surface area contributed by atoms with Gasteiger partial charge in [0.15, 0.2) is 0 Å². The summed E-state index contributed by atoms with van der Waals surface area (Å²) in [6.07, 6.45) is 5.59. The Morgan fingerprint density at radius 3 is 2.00 bits per heavy atom. The maximum atomic E-state index is 11.6. The summed E-state index contributed by atoms with van der Waals surface area (Å²) in [4.78, 5) is 4.99. The third-order valence-corrected chi connectivity index (χ3v) is 7.73. The maximum absolute atomic E-state index is 11.6. The molecule has 1 saturated carbocycles. The predicted molar refractivity (Wildman–Crippen MR) is 147 cm³/mol. The van der Waals surface area contributed by atoms with Crippen molar-refractivity contribution in [2.24, 2.45) is 16.8 Å². The first-order valence-corrected chi connectivity index (χ1v) is 18.6. The second kappa shape index (κ2) is 13.2. The van der Waals surface area contributed by atoms with E-state index in [1.165, 1.54) is 12.8 Å². The summed E-state index contributed by atoms with van der Waals surface area (Å²) in [6, 6.07) is 25.4. The Kier molecular flexibility index (Phi) is 10.6. The molecule has 1 aliphatic carbocycles. The molecule has 0 amide bonds. The van der Waals surface area contributed by atoms with E-state index in [0.717, 1.165) is 34.2 Å². The van der Waals surface area contributed by atoms with E-state index in [-0.39, 0.29) is 0 Å². The van der Waals surface area contributed by atoms with Gasteiger partial charge in [-0.2, -0.15) is 0 Å². The Balaban J connectivity index is 0.00000108. The molecule has 3 unspecified atom stereocenters. The summed E-state index contributed by atoms with van der Waals surface area (Å²) in [7, 11) is 9.87. The Bertz CT molecular complexity index is 1060. The zero-order valence-corrected chi connectivity index (χ0v) is 25.0. The monoisotopic (exact) mass is 585 g/mol. The van der Waals surface area contributed by atoms with E-state index in [9.17, 15) is 5.11 Å². The van der Waals surface area contributed by atoms with Gasteiger partial charge in [-0.05, 0) is 48.8 Å². The first-order chi connectivity index (χ1) is 16.8. The quantitative estimate of drug-likeness (QED) is 0.235. The Labute approximate surface area is 229 Å². The SMILES string of the molecule is Cc1ccc(C(C)(c2ccccc2)c2ccccc2)c(O)c1C=NC1CCCC(C)C1C.[Cl][Zr][Cl]. The van der Waals surface area contributed by atoms with Crippen molar-refractivity contribution in [2.75, 3.05) is 0 Å². The van der Waals surface area contributed by atoms with Crippen molar-refractivity contribution in [1.29, 1.82) is 0 Å². The van der Waals surface area contributed by atoms with Crippen LogP contribution in [0.3, 0.4) is 0 Å². The average molecular weight is 588 g/mol. The molecule has 184 valence electrons. The van der Waals surface area contributed by atoms with Gasteiger partial charge in [0.05, 0.1) is 6.04 Å². The minimum atomic E-state index is -0.826. The second-order valence-electron chi connectivity index (χ2n) is 9.73. The van der Waals surface area contributed by atoms with Crippen LogP contribution in [0.15, 0.2) is 77.8 Å². The Morgan fingerprint density at radius 1 is 0.914 bits per heavy atom. The van der Waals surface area contributed by atoms with E-state index < -0.39 is 26.3 Å². The first kappa shape index (κ1) is 28.2. The fourth-order valence-corrected chi connectivity index (χ4v) is 5.23. The standard InChI is InChI=1S/C30H35NO.2ClH.Zr/c1-21-12-11-17-28(23(21)3)31-20-26-22(2)18-19-27(29(26)32)30(4,24-13-7-5-8-14-24)25-15-9-6-10-16-25;;;/h5-10,13-16,18-21,23,28,32H,11-12,17H2,1-4H3;2*1H;/q;;;+2/p-2. The number of hydrogen-bond acceptors (Lipinski definition) is 2. The fourth-order valence-electron chi connectivity index (χ4n) is 5.23. The number of rotatable bonds is 5. The van der Waals surface area contributed by atoms with Crippen LogP contribution in [0.5, 0.6) is 5.75 Å². The molecule has 0 saturated heterocycles. The summed E-state index contributed by atoms with van der Waals surface area (Å²) in [5, 5.41) is 11.6. The van der Waals surface area contributed by atoms with Crippen LogP contribution < -0.4 is 0 Å². The molecule has 3 aromatic rings. The fraction of sp³-hybridized carbons (Fsp3) is 0.367. The number of phenols is 1. The molecule has 4 rings (SSSR count). The molecule has 0 spiro atoms. The van der Waals surface area contributed by atoms with Gasteiger partial charge in [-0.25, -0.2) is 0 Å². The number of aliphatic imine (C=N–C) groups is 1. The second-order valence-corrected chi connectivity index (χ2v) is 13.5. The van der Waals surface area contributed by atoms with Crippen molar-refractivity contribution in [1.82, 2.24) is 0 Å². The molecule has 3 aromatic carbocycles. The van der Waals surface area contributed by atoms with Crippen LogP contribution in [0.2, 0.25) is 0 Å². The molecule has 1 fully saturated rings. The van der Waals surface area contributed by atoms with Gasteiger partial charge in [-0.3, -0.25) is 4.99 Å². The van der Waals surface area contributed by atoms with Gasteiger partial charge < -0.3 is 5.11 Å². The van der Waals surface area contributed by atoms with Crippen LogP contribution >= 0.6 is 17.0 Å². The molecule has 35 heavy (non-hydrogen) atoms. The van der Waals surface area contributed by atoms with Crippen molar-refractivity contribution in [3.05, 3.63) is 101 Å². The number of aromatic hydroxyl groups is 1. The van der Waals surface area contributed by atoms with Crippen LogP contribution in [-0.4, -0.2) is 17.4 Å². The van der Waals surface area contributed by atoms with Crippen LogP contribution in [0.4, 0.5) is 0 Å². The Hall–Kier alpha value is -1.41. The van der Waals surface area contributed by atoms with Gasteiger partial charge in [-0.15, -0.1) is 0 Å². The van der Waals surface area contributed by atoms with E-state index >= 15 is 0 Å². The number of phenolic OH excluding ortho intramolecular Hbond substituents is 1. The molecular weight excluding hydrogens is 552 g/mol. The molecule has 5 heteroatoms. The number of hydrogen-bond donors (Lipinski definition) is 1. The summed E-state index contributed by atoms with van der Waals surface area (Å²) < 4.78 is 0. The summed E-state index contributed by atoms with van der Waals surface area (Å²) >= 11 is -0.826. The van der Waals surface area contributed by atoms with E-state index in [0.29, 0.717) is 23.6 Å². The number of halogens is 2. The van der Waals surface area contributed by atoms with Crippen LogP contribution in [0.25, 0.3) is 0 Å². The topological polar surface area (TPSA) is 32.6 Å². The van der Waals surface area contributed by atoms with Crippen molar-refractivity contribution in [3.63, 3.8) is 0 Å². The van der Waals surface area contributed by atoms with Gasteiger partial charge >= 0.3 is 37.9 Å². The number of aryl methyl sites for hydroxylation is 1. The van der Waals surface area contributed by atoms with E-state index in [1.807, 2.05) is 18.3 Å². The van der Waals surface area contributed by atoms with Crippen molar-refractivity contribution in [2.45, 2.75) is 58.4 Å². The van der Waals surface area contributed by atoms with Gasteiger partial charge in [-0.1, -0.05) is 99.5 Å². The van der Waals surface area contributed by atoms with Crippen molar-refractivity contribution < 1.29 is 26.0 Å². The van der Waals surface area contributed by atoms with Gasteiger partial charge in [0.2, 0.25) is 0 Å². The van der Waals surface area contributed by atoms with Crippen LogP contribution in [-0.2, 0) is 26.3 Å². The van der Waals surface area contributed by atoms with E-state index in [2.05, 4.69) is 88.4 Å². The zero-order valence-electron chi connectivity index (χ0n) is 21.0. The zero-order chi connectivity index (χ0) is 25.4. The number of nitrogens with zero attached hydrogens (tertiary/aromatic N) is 1. The molecule has 1 aliphatic rings. The predicted octanol–water partition coefficient (Wildman–Crippen LogP) is 8.68. The van der Waals surface area contributed by atoms with Crippen LogP contribution in [0, 0.1) is 18.8 Å². The third-order valence-electron chi connectivity index (χ3n) is 7.73. The molecule has 2 nitrogen and oxygen atoms in total. The number of benzene rings is 3. The molecule has 0 aliphatic heterocycles. The first-order valence-electron chi connectivity index (χ1n) is 12.3. The summed E-state index contributed by atoms with van der Waals surface area (Å²) in [5.74, 6) is 1.61. The van der Waals surface area contributed by atoms with E-state index in [1.54, 1.807) is 0 Å². The molecule has 0 heterocycles. The minimum absolute atomic E-state index is 0.329. The van der Waals surface area contributed by atoms with Gasteiger partial charge in [0.1, 0.15) is 5.75 Å². The molecule has 0 radical (unpaired) electrons. The van der Waals surface area contributed by atoms with Gasteiger partial charge in [0, 0.05) is 22.8 Å². The Morgan fingerprint density at radius 2 is 1.46 bits per heavy atom. The molecule has 0 aromatic heterocycles. The van der Waals surface area contributed by atoms with Crippen molar-refractivity contribution >= 4 is 23.2 Å². The normalized spacial score (nSPS) is 20.2.